The summed E-state index contributed by atoms with van der Waals surface area (Å²) in [6.07, 6.45) is 0. The van der Waals surface area contributed by atoms with Crippen molar-refractivity contribution in [2.75, 3.05) is 0 Å². The Bertz CT molecular complexity index is 997. The van der Waals surface area contributed by atoms with Crippen LogP contribution < -0.4 is 5.32 Å². The molecule has 0 fully saturated rings. The summed E-state index contributed by atoms with van der Waals surface area (Å²) >= 11 is 0. The molecule has 0 aliphatic heterocycles. The van der Waals surface area contributed by atoms with E-state index in [0.717, 1.165) is 11.1 Å². The van der Waals surface area contributed by atoms with Crippen molar-refractivity contribution in [1.82, 2.24) is 5.32 Å². The Morgan fingerprint density at radius 3 is 1.93 bits per heavy atom. The number of rotatable bonds is 6. The van der Waals surface area contributed by atoms with Crippen molar-refractivity contribution in [2.45, 2.75) is 12.0 Å². The van der Waals surface area contributed by atoms with E-state index < -0.39 is 22.8 Å². The highest BCUT2D eigenvalue weighted by molar-refractivity contribution is 5.94. The average molecular weight is 371 g/mol. The van der Waals surface area contributed by atoms with Gasteiger partial charge in [-0.15, -0.1) is 0 Å². The maximum atomic E-state index is 12.8. The first-order chi connectivity index (χ1) is 13.6. The van der Waals surface area contributed by atoms with Gasteiger partial charge >= 0.3 is 0 Å². The number of hydrogen-bond acceptors (Lipinski definition) is 4. The van der Waals surface area contributed by atoms with Crippen molar-refractivity contribution in [3.05, 3.63) is 112 Å². The number of benzene rings is 3. The van der Waals surface area contributed by atoms with Gasteiger partial charge in [0.25, 0.3) is 11.6 Å². The lowest BCUT2D eigenvalue weighted by molar-refractivity contribution is -0.384. The molecule has 0 heterocycles. The van der Waals surface area contributed by atoms with Crippen molar-refractivity contribution in [2.24, 2.45) is 0 Å². The van der Waals surface area contributed by atoms with Crippen LogP contribution in [0.4, 0.5) is 5.69 Å². The number of amides is 1. The molecule has 0 spiro atoms. The number of hydrogen-bond donors (Lipinski definition) is 1. The highest BCUT2D eigenvalue weighted by Gasteiger charge is 2.27. The van der Waals surface area contributed by atoms with Crippen molar-refractivity contribution >= 4 is 11.6 Å². The molecule has 2 atom stereocenters. The van der Waals surface area contributed by atoms with Gasteiger partial charge in [0.05, 0.1) is 23.0 Å². The Balaban J connectivity index is 1.92. The van der Waals surface area contributed by atoms with E-state index in [0.29, 0.717) is 0 Å². The van der Waals surface area contributed by atoms with Gasteiger partial charge in [0.15, 0.2) is 0 Å². The van der Waals surface area contributed by atoms with E-state index in [1.54, 1.807) is 0 Å². The molecule has 3 aromatic carbocycles. The topological polar surface area (TPSA) is 96.0 Å². The third-order valence-corrected chi connectivity index (χ3v) is 4.42. The zero-order valence-corrected chi connectivity index (χ0v) is 14.9. The van der Waals surface area contributed by atoms with Crippen LogP contribution in [0.5, 0.6) is 0 Å². The standard InChI is InChI=1S/C22H17N3O3/c23-15-20(16-7-3-1-4-8-16)21(17-9-5-2-6-10-17)24-22(26)18-11-13-19(14-12-18)25(27)28/h1-14,20-21H,(H,24,26)/t20-,21-/m1/s1. The molecule has 3 rings (SSSR count). The van der Waals surface area contributed by atoms with Gasteiger partial charge in [0.1, 0.15) is 0 Å². The third-order valence-electron chi connectivity index (χ3n) is 4.42. The summed E-state index contributed by atoms with van der Waals surface area (Å²) in [4.78, 5) is 23.1. The van der Waals surface area contributed by atoms with Crippen LogP contribution in [-0.4, -0.2) is 10.8 Å². The van der Waals surface area contributed by atoms with Gasteiger partial charge in [-0.2, -0.15) is 5.26 Å². The lowest BCUT2D eigenvalue weighted by atomic mass is 9.88. The second-order valence-corrected chi connectivity index (χ2v) is 6.18. The molecule has 6 heteroatoms. The van der Waals surface area contributed by atoms with Crippen LogP contribution in [0.25, 0.3) is 0 Å². The summed E-state index contributed by atoms with van der Waals surface area (Å²) in [5.41, 5.74) is 1.79. The number of nitro groups is 1. The number of nitrogens with zero attached hydrogens (tertiary/aromatic N) is 2. The van der Waals surface area contributed by atoms with E-state index in [2.05, 4.69) is 11.4 Å². The van der Waals surface area contributed by atoms with Gasteiger partial charge in [-0.05, 0) is 23.3 Å². The number of carbonyl (C=O) groups is 1. The summed E-state index contributed by atoms with van der Waals surface area (Å²) in [7, 11) is 0. The van der Waals surface area contributed by atoms with Gasteiger partial charge in [0.2, 0.25) is 0 Å². The summed E-state index contributed by atoms with van der Waals surface area (Å²) in [6, 6.07) is 25.6. The fourth-order valence-electron chi connectivity index (χ4n) is 2.98. The molecule has 0 radical (unpaired) electrons. The van der Waals surface area contributed by atoms with Crippen LogP contribution in [0.1, 0.15) is 33.4 Å². The van der Waals surface area contributed by atoms with E-state index >= 15 is 0 Å². The number of nitro benzene ring substituents is 1. The number of nitrogens with one attached hydrogen (secondary N) is 1. The second-order valence-electron chi connectivity index (χ2n) is 6.18. The van der Waals surface area contributed by atoms with Crippen molar-refractivity contribution in [1.29, 1.82) is 5.26 Å². The number of carbonyl (C=O) groups excluding carboxylic acids is 1. The normalized spacial score (nSPS) is 12.4. The molecule has 0 bridgehead atoms. The Morgan fingerprint density at radius 2 is 1.43 bits per heavy atom. The predicted octanol–water partition coefficient (Wildman–Crippen LogP) is 4.37. The van der Waals surface area contributed by atoms with Crippen LogP contribution in [-0.2, 0) is 0 Å². The van der Waals surface area contributed by atoms with E-state index in [4.69, 9.17) is 0 Å². The molecule has 0 aliphatic carbocycles. The van der Waals surface area contributed by atoms with Crippen LogP contribution in [0.3, 0.4) is 0 Å². The van der Waals surface area contributed by atoms with Crippen molar-refractivity contribution in [3.63, 3.8) is 0 Å². The van der Waals surface area contributed by atoms with Crippen LogP contribution in [0.15, 0.2) is 84.9 Å². The third kappa shape index (κ3) is 4.22. The lowest BCUT2D eigenvalue weighted by Gasteiger charge is -2.24. The molecule has 138 valence electrons. The maximum absolute atomic E-state index is 12.8. The van der Waals surface area contributed by atoms with E-state index in [-0.39, 0.29) is 11.3 Å². The molecule has 0 saturated carbocycles. The Hall–Kier alpha value is -3.98. The smallest absolute Gasteiger partial charge is 0.269 e. The minimum atomic E-state index is -0.592. The highest BCUT2D eigenvalue weighted by Crippen LogP contribution is 2.31. The van der Waals surface area contributed by atoms with Gasteiger partial charge < -0.3 is 5.32 Å². The predicted molar refractivity (Wildman–Crippen MR) is 105 cm³/mol. The van der Waals surface area contributed by atoms with E-state index in [1.807, 2.05) is 60.7 Å². The van der Waals surface area contributed by atoms with Crippen LogP contribution >= 0.6 is 0 Å². The summed E-state index contributed by atoms with van der Waals surface area (Å²) < 4.78 is 0. The fraction of sp³-hybridized carbons (Fsp3) is 0.0909. The van der Waals surface area contributed by atoms with Gasteiger partial charge in [-0.1, -0.05) is 60.7 Å². The quantitative estimate of drug-likeness (QED) is 0.514. The van der Waals surface area contributed by atoms with Crippen LogP contribution in [0.2, 0.25) is 0 Å². The lowest BCUT2D eigenvalue weighted by Crippen LogP contribution is -2.32. The summed E-state index contributed by atoms with van der Waals surface area (Å²) in [5, 5.41) is 23.5. The van der Waals surface area contributed by atoms with E-state index in [9.17, 15) is 20.2 Å². The minimum absolute atomic E-state index is 0.0876. The maximum Gasteiger partial charge on any atom is 0.269 e. The molecule has 0 aliphatic rings. The Labute approximate surface area is 162 Å². The molecule has 28 heavy (non-hydrogen) atoms. The summed E-state index contributed by atoms with van der Waals surface area (Å²) in [5.74, 6) is -0.995. The minimum Gasteiger partial charge on any atom is -0.344 e. The first-order valence-corrected chi connectivity index (χ1v) is 8.65. The molecule has 6 nitrogen and oxygen atoms in total. The van der Waals surface area contributed by atoms with Crippen LogP contribution in [0, 0.1) is 21.4 Å². The molecule has 1 N–H and O–H groups in total. The second kappa shape index (κ2) is 8.60. The largest absolute Gasteiger partial charge is 0.344 e. The van der Waals surface area contributed by atoms with E-state index in [1.165, 1.54) is 24.3 Å². The van der Waals surface area contributed by atoms with Gasteiger partial charge in [-0.25, -0.2) is 0 Å². The Morgan fingerprint density at radius 1 is 0.893 bits per heavy atom. The fourth-order valence-corrected chi connectivity index (χ4v) is 2.98. The average Bonchev–Trinajstić information content (AvgIpc) is 2.75. The number of nitriles is 1. The SMILES string of the molecule is N#C[C@H](c1ccccc1)[C@H](NC(=O)c1ccc([N+](=O)[O-])cc1)c1ccccc1. The summed E-state index contributed by atoms with van der Waals surface area (Å²) in [6.45, 7) is 0. The van der Waals surface area contributed by atoms with Crippen molar-refractivity contribution in [3.8, 4) is 6.07 Å². The molecular weight excluding hydrogens is 354 g/mol. The van der Waals surface area contributed by atoms with Gasteiger partial charge in [-0.3, -0.25) is 14.9 Å². The molecule has 1 amide bonds. The van der Waals surface area contributed by atoms with Gasteiger partial charge in [0, 0.05) is 17.7 Å². The molecule has 0 saturated heterocycles. The number of non-ortho nitro benzene ring substituents is 1. The first-order valence-electron chi connectivity index (χ1n) is 8.65. The molecule has 3 aromatic rings. The zero-order chi connectivity index (χ0) is 19.9. The Kier molecular flexibility index (Phi) is 5.78. The molecular formula is C22H17N3O3. The highest BCUT2D eigenvalue weighted by atomic mass is 16.6. The molecule has 0 aromatic heterocycles. The first kappa shape index (κ1) is 18.8. The molecule has 0 unspecified atom stereocenters. The zero-order valence-electron chi connectivity index (χ0n) is 14.9. The van der Waals surface area contributed by atoms with Crippen molar-refractivity contribution < 1.29 is 9.72 Å². The monoisotopic (exact) mass is 371 g/mol.